The zero-order chi connectivity index (χ0) is 16.0. The zero-order valence-corrected chi connectivity index (χ0v) is 12.9. The van der Waals surface area contributed by atoms with Crippen molar-refractivity contribution in [2.75, 3.05) is 6.61 Å². The van der Waals surface area contributed by atoms with Gasteiger partial charge >= 0.3 is 5.97 Å². The van der Waals surface area contributed by atoms with Crippen LogP contribution >= 0.6 is 0 Å². The molecule has 4 rings (SSSR count). The minimum absolute atomic E-state index is 0.0351. The summed E-state index contributed by atoms with van der Waals surface area (Å²) in [6, 6.07) is 1.77. The molecule has 1 saturated heterocycles. The van der Waals surface area contributed by atoms with Gasteiger partial charge in [0.25, 0.3) is 5.91 Å². The fraction of sp³-hybridized carbons (Fsp3) is 0.647. The SMILES string of the molecule is O=C(NC1CCOC2(C1)CC(C(=O)O)C2)c1ccoc1C1CC1. The normalized spacial score (nSPS) is 33.2. The third-order valence-corrected chi connectivity index (χ3v) is 5.30. The van der Waals surface area contributed by atoms with E-state index >= 15 is 0 Å². The Balaban J connectivity index is 1.38. The van der Waals surface area contributed by atoms with Gasteiger partial charge in [-0.15, -0.1) is 0 Å². The molecule has 0 radical (unpaired) electrons. The molecule has 2 saturated carbocycles. The maximum atomic E-state index is 12.5. The Kier molecular flexibility index (Phi) is 3.44. The van der Waals surface area contributed by atoms with E-state index in [1.54, 1.807) is 12.3 Å². The molecule has 1 atom stereocenters. The van der Waals surface area contributed by atoms with E-state index in [4.69, 9.17) is 14.3 Å². The van der Waals surface area contributed by atoms with Crippen LogP contribution in [0.2, 0.25) is 0 Å². The van der Waals surface area contributed by atoms with Crippen LogP contribution in [0.4, 0.5) is 0 Å². The molecule has 1 unspecified atom stereocenters. The minimum atomic E-state index is -0.752. The molecule has 1 spiro atoms. The molecule has 124 valence electrons. The fourth-order valence-corrected chi connectivity index (χ4v) is 3.88. The van der Waals surface area contributed by atoms with Crippen molar-refractivity contribution in [2.45, 2.75) is 56.1 Å². The minimum Gasteiger partial charge on any atom is -0.481 e. The molecule has 1 amide bonds. The molecule has 1 aromatic heterocycles. The predicted octanol–water partition coefficient (Wildman–Crippen LogP) is 2.30. The van der Waals surface area contributed by atoms with Gasteiger partial charge in [0.15, 0.2) is 0 Å². The fourth-order valence-electron chi connectivity index (χ4n) is 3.88. The number of aliphatic carboxylic acids is 1. The van der Waals surface area contributed by atoms with Crippen molar-refractivity contribution in [3.8, 4) is 0 Å². The molecular weight excluding hydrogens is 298 g/mol. The number of carboxylic acids is 1. The lowest BCUT2D eigenvalue weighted by Gasteiger charge is -2.50. The predicted molar refractivity (Wildman–Crippen MR) is 80.2 cm³/mol. The van der Waals surface area contributed by atoms with Crippen LogP contribution in [0.1, 0.15) is 60.6 Å². The van der Waals surface area contributed by atoms with E-state index in [2.05, 4.69) is 5.32 Å². The largest absolute Gasteiger partial charge is 0.481 e. The summed E-state index contributed by atoms with van der Waals surface area (Å²) in [7, 11) is 0. The van der Waals surface area contributed by atoms with Crippen LogP contribution in [0, 0.1) is 5.92 Å². The van der Waals surface area contributed by atoms with Crippen molar-refractivity contribution < 1.29 is 23.8 Å². The Morgan fingerprint density at radius 2 is 2.00 bits per heavy atom. The summed E-state index contributed by atoms with van der Waals surface area (Å²) in [6.45, 7) is 0.568. The highest BCUT2D eigenvalue weighted by atomic mass is 16.5. The van der Waals surface area contributed by atoms with Gasteiger partial charge in [-0.1, -0.05) is 0 Å². The molecule has 6 nitrogen and oxygen atoms in total. The first-order valence-corrected chi connectivity index (χ1v) is 8.31. The number of carboxylic acid groups (broad SMARTS) is 1. The molecule has 0 bridgehead atoms. The monoisotopic (exact) mass is 319 g/mol. The molecule has 1 aliphatic heterocycles. The number of ether oxygens (including phenoxy) is 1. The van der Waals surface area contributed by atoms with Crippen LogP contribution in [0.3, 0.4) is 0 Å². The molecule has 0 aromatic carbocycles. The Bertz CT molecular complexity index is 627. The molecule has 1 aromatic rings. The van der Waals surface area contributed by atoms with Crippen molar-refractivity contribution in [3.63, 3.8) is 0 Å². The van der Waals surface area contributed by atoms with E-state index < -0.39 is 5.97 Å². The van der Waals surface area contributed by atoms with E-state index in [9.17, 15) is 9.59 Å². The summed E-state index contributed by atoms with van der Waals surface area (Å²) < 4.78 is 11.3. The van der Waals surface area contributed by atoms with Gasteiger partial charge < -0.3 is 19.6 Å². The molecule has 3 aliphatic rings. The lowest BCUT2D eigenvalue weighted by atomic mass is 9.66. The Morgan fingerprint density at radius 3 is 2.70 bits per heavy atom. The van der Waals surface area contributed by atoms with Gasteiger partial charge in [-0.25, -0.2) is 0 Å². The number of hydrogen-bond donors (Lipinski definition) is 2. The van der Waals surface area contributed by atoms with Crippen LogP contribution in [0.15, 0.2) is 16.7 Å². The maximum Gasteiger partial charge on any atom is 0.306 e. The lowest BCUT2D eigenvalue weighted by molar-refractivity contribution is -0.181. The van der Waals surface area contributed by atoms with Crippen molar-refractivity contribution in [1.82, 2.24) is 5.32 Å². The van der Waals surface area contributed by atoms with E-state index in [1.165, 1.54) is 0 Å². The van der Waals surface area contributed by atoms with Gasteiger partial charge in [0.2, 0.25) is 0 Å². The lowest BCUT2D eigenvalue weighted by Crippen LogP contribution is -2.56. The van der Waals surface area contributed by atoms with E-state index in [0.29, 0.717) is 37.4 Å². The Morgan fingerprint density at radius 1 is 1.22 bits per heavy atom. The second kappa shape index (κ2) is 5.37. The average Bonchev–Trinajstić information content (AvgIpc) is 3.21. The highest BCUT2D eigenvalue weighted by Crippen LogP contribution is 2.46. The van der Waals surface area contributed by atoms with Gasteiger partial charge in [0, 0.05) is 18.6 Å². The highest BCUT2D eigenvalue weighted by Gasteiger charge is 2.51. The van der Waals surface area contributed by atoms with E-state index in [-0.39, 0.29) is 23.5 Å². The quantitative estimate of drug-likeness (QED) is 0.889. The molecule has 3 fully saturated rings. The molecule has 2 N–H and O–H groups in total. The number of carbonyl (C=O) groups is 2. The first-order chi connectivity index (χ1) is 11.1. The van der Waals surface area contributed by atoms with Gasteiger partial charge in [-0.2, -0.15) is 0 Å². The summed E-state index contributed by atoms with van der Waals surface area (Å²) in [5.74, 6) is 0.0584. The third kappa shape index (κ3) is 2.76. The second-order valence-electron chi connectivity index (χ2n) is 7.11. The number of hydrogen-bond acceptors (Lipinski definition) is 4. The summed E-state index contributed by atoms with van der Waals surface area (Å²) in [5, 5.41) is 12.1. The number of furan rings is 1. The van der Waals surface area contributed by atoms with Gasteiger partial charge in [0.05, 0.1) is 23.3 Å². The first kappa shape index (κ1) is 14.8. The zero-order valence-electron chi connectivity index (χ0n) is 12.9. The topological polar surface area (TPSA) is 88.8 Å². The molecule has 2 heterocycles. The van der Waals surface area contributed by atoms with Crippen molar-refractivity contribution >= 4 is 11.9 Å². The van der Waals surface area contributed by atoms with Crippen molar-refractivity contribution in [3.05, 3.63) is 23.7 Å². The van der Waals surface area contributed by atoms with Crippen LogP contribution in [0.5, 0.6) is 0 Å². The third-order valence-electron chi connectivity index (χ3n) is 5.30. The van der Waals surface area contributed by atoms with E-state index in [1.807, 2.05) is 0 Å². The maximum absolute atomic E-state index is 12.5. The van der Waals surface area contributed by atoms with Gasteiger partial charge in [0.1, 0.15) is 5.76 Å². The van der Waals surface area contributed by atoms with Gasteiger partial charge in [-0.3, -0.25) is 9.59 Å². The van der Waals surface area contributed by atoms with Gasteiger partial charge in [-0.05, 0) is 44.6 Å². The summed E-state index contributed by atoms with van der Waals surface area (Å²) in [4.78, 5) is 23.5. The van der Waals surface area contributed by atoms with Crippen molar-refractivity contribution in [2.24, 2.45) is 5.92 Å². The standard InChI is InChI=1S/C17H21NO5/c19-15(13-4-5-22-14(13)10-1-2-10)18-12-3-6-23-17(9-12)7-11(8-17)16(20)21/h4-5,10-12H,1-3,6-9H2,(H,18,19)(H,20,21). The second-order valence-corrected chi connectivity index (χ2v) is 7.11. The Hall–Kier alpha value is -1.82. The first-order valence-electron chi connectivity index (χ1n) is 8.31. The molecule has 2 aliphatic carbocycles. The van der Waals surface area contributed by atoms with Crippen LogP contribution in [-0.2, 0) is 9.53 Å². The number of nitrogens with one attached hydrogen (secondary N) is 1. The number of carbonyl (C=O) groups excluding carboxylic acids is 1. The molecule has 6 heteroatoms. The Labute approximate surface area is 134 Å². The summed E-state index contributed by atoms with van der Waals surface area (Å²) >= 11 is 0. The highest BCUT2D eigenvalue weighted by molar-refractivity contribution is 5.95. The van der Waals surface area contributed by atoms with Crippen LogP contribution < -0.4 is 5.32 Å². The smallest absolute Gasteiger partial charge is 0.306 e. The van der Waals surface area contributed by atoms with E-state index in [0.717, 1.165) is 25.0 Å². The number of amides is 1. The van der Waals surface area contributed by atoms with Crippen LogP contribution in [-0.4, -0.2) is 35.2 Å². The summed E-state index contributed by atoms with van der Waals surface area (Å²) in [6.07, 6.45) is 6.31. The summed E-state index contributed by atoms with van der Waals surface area (Å²) in [5.41, 5.74) is 0.291. The average molecular weight is 319 g/mol. The number of rotatable bonds is 4. The van der Waals surface area contributed by atoms with Crippen molar-refractivity contribution in [1.29, 1.82) is 0 Å². The molecular formula is C17H21NO5. The van der Waals surface area contributed by atoms with Crippen LogP contribution in [0.25, 0.3) is 0 Å². The molecule has 23 heavy (non-hydrogen) atoms.